The van der Waals surface area contributed by atoms with Crippen molar-refractivity contribution in [1.29, 1.82) is 0 Å². The lowest BCUT2D eigenvalue weighted by atomic mass is 10.0. The second-order valence-electron chi connectivity index (χ2n) is 14.3. The summed E-state index contributed by atoms with van der Waals surface area (Å²) in [6.07, 6.45) is 38.4. The van der Waals surface area contributed by atoms with Gasteiger partial charge in [-0.2, -0.15) is 0 Å². The molecule has 1 atom stereocenters. The zero-order chi connectivity index (χ0) is 36.1. The van der Waals surface area contributed by atoms with E-state index in [1.165, 1.54) is 161 Å². The third-order valence-corrected chi connectivity index (χ3v) is 9.86. The van der Waals surface area contributed by atoms with Gasteiger partial charge in [-0.1, -0.05) is 200 Å². The van der Waals surface area contributed by atoms with Crippen molar-refractivity contribution >= 4 is 19.8 Å². The summed E-state index contributed by atoms with van der Waals surface area (Å²) in [4.78, 5) is 42.7. The molecule has 0 aromatic heterocycles. The molecule has 292 valence electrons. The Morgan fingerprint density at radius 3 is 1.04 bits per heavy atom. The Hall–Kier alpha value is -0.950. The zero-order valence-electron chi connectivity index (χ0n) is 32.1. The van der Waals surface area contributed by atoms with Gasteiger partial charge in [0.05, 0.1) is 6.61 Å². The summed E-state index contributed by atoms with van der Waals surface area (Å²) in [5.74, 6) is -0.873. The number of esters is 2. The largest absolute Gasteiger partial charge is 0.469 e. The fourth-order valence-electron chi connectivity index (χ4n) is 6.26. The highest BCUT2D eigenvalue weighted by Crippen LogP contribution is 2.36. The maximum Gasteiger partial charge on any atom is 0.469 e. The number of phosphoric ester groups is 1. The van der Waals surface area contributed by atoms with Gasteiger partial charge in [0, 0.05) is 12.8 Å². The maximum atomic E-state index is 12.4. The van der Waals surface area contributed by atoms with E-state index in [1.54, 1.807) is 0 Å². The van der Waals surface area contributed by atoms with E-state index >= 15 is 0 Å². The molecule has 0 rings (SSSR count). The van der Waals surface area contributed by atoms with Crippen molar-refractivity contribution in [1.82, 2.24) is 0 Å². The number of ether oxygens (including phenoxy) is 2. The number of carbonyl (C=O) groups excluding carboxylic acids is 2. The van der Waals surface area contributed by atoms with Crippen LogP contribution in [0.3, 0.4) is 0 Å². The van der Waals surface area contributed by atoms with Gasteiger partial charge in [0.2, 0.25) is 0 Å². The predicted molar refractivity (Wildman–Crippen MR) is 203 cm³/mol. The second kappa shape index (κ2) is 36.8. The van der Waals surface area contributed by atoms with Gasteiger partial charge in [-0.05, 0) is 12.8 Å². The van der Waals surface area contributed by atoms with E-state index in [0.29, 0.717) is 6.42 Å². The van der Waals surface area contributed by atoms with Crippen LogP contribution in [0.15, 0.2) is 0 Å². The zero-order valence-corrected chi connectivity index (χ0v) is 33.0. The first kappa shape index (κ1) is 48.0. The molecular weight excluding hydrogens is 639 g/mol. The van der Waals surface area contributed by atoms with Gasteiger partial charge in [0.15, 0.2) is 6.10 Å². The van der Waals surface area contributed by atoms with Crippen LogP contribution in [-0.2, 0) is 28.2 Å². The molecule has 0 heterocycles. The van der Waals surface area contributed by atoms with Gasteiger partial charge in [-0.15, -0.1) is 0 Å². The lowest BCUT2D eigenvalue weighted by molar-refractivity contribution is -0.161. The summed E-state index contributed by atoms with van der Waals surface area (Å²) in [6, 6.07) is 0. The first-order valence-electron chi connectivity index (χ1n) is 20.8. The minimum Gasteiger partial charge on any atom is -0.462 e. The number of carbonyl (C=O) groups is 2. The van der Waals surface area contributed by atoms with Crippen LogP contribution < -0.4 is 0 Å². The SMILES string of the molecule is CCCCCCCCCCCCCCCCCCCCCCCCC(=O)OC(COC(=O)CCCCCCCCCCC)COP(=O)(O)O. The molecule has 0 fully saturated rings. The molecular formula is C40H79O8P. The van der Waals surface area contributed by atoms with Crippen LogP contribution in [-0.4, -0.2) is 41.0 Å². The predicted octanol–water partition coefficient (Wildman–Crippen LogP) is 12.5. The van der Waals surface area contributed by atoms with Crippen LogP contribution in [0.5, 0.6) is 0 Å². The highest BCUT2D eigenvalue weighted by atomic mass is 31.2. The highest BCUT2D eigenvalue weighted by molar-refractivity contribution is 7.46. The van der Waals surface area contributed by atoms with Gasteiger partial charge in [-0.25, -0.2) is 4.57 Å². The van der Waals surface area contributed by atoms with Crippen LogP contribution in [0.2, 0.25) is 0 Å². The molecule has 0 aromatic rings. The third kappa shape index (κ3) is 39.7. The average molecular weight is 719 g/mol. The van der Waals surface area contributed by atoms with Crippen LogP contribution in [0.1, 0.15) is 226 Å². The molecule has 0 aliphatic rings. The smallest absolute Gasteiger partial charge is 0.462 e. The van der Waals surface area contributed by atoms with Gasteiger partial charge < -0.3 is 19.3 Å². The van der Waals surface area contributed by atoms with Crippen LogP contribution in [0.4, 0.5) is 0 Å². The van der Waals surface area contributed by atoms with Crippen molar-refractivity contribution in [3.8, 4) is 0 Å². The van der Waals surface area contributed by atoms with Crippen molar-refractivity contribution in [3.05, 3.63) is 0 Å². The molecule has 0 spiro atoms. The van der Waals surface area contributed by atoms with E-state index in [9.17, 15) is 14.2 Å². The van der Waals surface area contributed by atoms with E-state index in [1.807, 2.05) is 0 Å². The number of unbranched alkanes of at least 4 members (excludes halogenated alkanes) is 29. The van der Waals surface area contributed by atoms with E-state index in [2.05, 4.69) is 18.4 Å². The molecule has 0 amide bonds. The Kier molecular flexibility index (Phi) is 36.1. The molecule has 0 saturated heterocycles. The van der Waals surface area contributed by atoms with Crippen molar-refractivity contribution in [2.45, 2.75) is 232 Å². The molecule has 1 unspecified atom stereocenters. The summed E-state index contributed by atoms with van der Waals surface area (Å²) in [7, 11) is -4.74. The first-order valence-corrected chi connectivity index (χ1v) is 22.4. The summed E-state index contributed by atoms with van der Waals surface area (Å²) < 4.78 is 26.3. The molecule has 0 radical (unpaired) electrons. The van der Waals surface area contributed by atoms with Crippen LogP contribution in [0.25, 0.3) is 0 Å². The van der Waals surface area contributed by atoms with Crippen molar-refractivity contribution in [3.63, 3.8) is 0 Å². The minimum absolute atomic E-state index is 0.220. The fraction of sp³-hybridized carbons (Fsp3) is 0.950. The average Bonchev–Trinajstić information content (AvgIpc) is 3.07. The molecule has 9 heteroatoms. The second-order valence-corrected chi connectivity index (χ2v) is 15.6. The Morgan fingerprint density at radius 1 is 0.449 bits per heavy atom. The van der Waals surface area contributed by atoms with E-state index in [0.717, 1.165) is 32.1 Å². The van der Waals surface area contributed by atoms with Gasteiger partial charge in [-0.3, -0.25) is 14.1 Å². The number of hydrogen-bond acceptors (Lipinski definition) is 6. The van der Waals surface area contributed by atoms with E-state index < -0.39 is 32.5 Å². The monoisotopic (exact) mass is 719 g/mol. The Balaban J connectivity index is 3.77. The maximum absolute atomic E-state index is 12.4. The van der Waals surface area contributed by atoms with Crippen molar-refractivity contribution < 1.29 is 37.9 Å². The molecule has 49 heavy (non-hydrogen) atoms. The lowest BCUT2D eigenvalue weighted by Gasteiger charge is -2.18. The van der Waals surface area contributed by atoms with Gasteiger partial charge in [0.1, 0.15) is 6.61 Å². The molecule has 8 nitrogen and oxygen atoms in total. The summed E-state index contributed by atoms with van der Waals surface area (Å²) >= 11 is 0. The summed E-state index contributed by atoms with van der Waals surface area (Å²) in [5.41, 5.74) is 0. The molecule has 0 saturated carbocycles. The highest BCUT2D eigenvalue weighted by Gasteiger charge is 2.22. The topological polar surface area (TPSA) is 119 Å². The standard InChI is InChI=1S/C40H79O8P/c1-3-5-7-9-11-13-14-15-16-17-18-19-20-21-22-23-24-25-27-29-31-33-35-40(42)48-38(37-47-49(43,44)45)36-46-39(41)34-32-30-28-26-12-10-8-6-4-2/h38H,3-37H2,1-2H3,(H2,43,44,45). The van der Waals surface area contributed by atoms with Crippen molar-refractivity contribution in [2.75, 3.05) is 13.2 Å². The van der Waals surface area contributed by atoms with Crippen LogP contribution in [0, 0.1) is 0 Å². The number of phosphoric acid groups is 1. The summed E-state index contributed by atoms with van der Waals surface area (Å²) in [5, 5.41) is 0. The molecule has 0 aliphatic heterocycles. The molecule has 0 bridgehead atoms. The Bertz CT molecular complexity index is 771. The molecule has 0 aliphatic carbocycles. The Labute approximate surface area is 302 Å². The third-order valence-electron chi connectivity index (χ3n) is 9.38. The number of rotatable bonds is 39. The van der Waals surface area contributed by atoms with Gasteiger partial charge >= 0.3 is 19.8 Å². The summed E-state index contributed by atoms with van der Waals surface area (Å²) in [6.45, 7) is 3.68. The first-order chi connectivity index (χ1) is 23.8. The van der Waals surface area contributed by atoms with Crippen LogP contribution >= 0.6 is 7.82 Å². The normalized spacial score (nSPS) is 12.3. The fourth-order valence-corrected chi connectivity index (χ4v) is 6.62. The van der Waals surface area contributed by atoms with E-state index in [-0.39, 0.29) is 19.4 Å². The lowest BCUT2D eigenvalue weighted by Crippen LogP contribution is -2.29. The molecule has 0 aromatic carbocycles. The molecule has 2 N–H and O–H groups in total. The quantitative estimate of drug-likeness (QED) is 0.0366. The minimum atomic E-state index is -4.74. The van der Waals surface area contributed by atoms with Gasteiger partial charge in [0.25, 0.3) is 0 Å². The van der Waals surface area contributed by atoms with E-state index in [4.69, 9.17) is 19.3 Å². The van der Waals surface area contributed by atoms with Crippen molar-refractivity contribution in [2.24, 2.45) is 0 Å². The number of hydrogen-bond donors (Lipinski definition) is 2. The Morgan fingerprint density at radius 2 is 0.735 bits per heavy atom.